The van der Waals surface area contributed by atoms with Gasteiger partial charge in [0, 0.05) is 9.53 Å². The summed E-state index contributed by atoms with van der Waals surface area (Å²) in [5, 5.41) is 11.1. The van der Waals surface area contributed by atoms with Crippen molar-refractivity contribution in [3.63, 3.8) is 0 Å². The van der Waals surface area contributed by atoms with E-state index in [2.05, 4.69) is 28.2 Å². The van der Waals surface area contributed by atoms with E-state index in [1.165, 1.54) is 16.9 Å². The Bertz CT molecular complexity index is 525. The maximum atomic E-state index is 11.0. The lowest BCUT2D eigenvalue weighted by atomic mass is 10.2. The molecule has 2 aromatic rings. The van der Waals surface area contributed by atoms with Gasteiger partial charge in [0.25, 0.3) is 0 Å². The molecule has 0 saturated heterocycles. The van der Waals surface area contributed by atoms with Crippen LogP contribution in [-0.2, 0) is 0 Å². The molecule has 1 atom stereocenters. The van der Waals surface area contributed by atoms with Gasteiger partial charge in [0.1, 0.15) is 4.88 Å². The van der Waals surface area contributed by atoms with Gasteiger partial charge in [-0.15, -0.1) is 22.7 Å². The summed E-state index contributed by atoms with van der Waals surface area (Å²) in [5.41, 5.74) is 2.09. The number of halogens is 1. The van der Waals surface area contributed by atoms with Gasteiger partial charge in [0.05, 0.1) is 4.70 Å². The van der Waals surface area contributed by atoms with Crippen LogP contribution in [0.4, 0.5) is 0 Å². The molecule has 1 N–H and O–H groups in total. The minimum Gasteiger partial charge on any atom is -0.477 e. The summed E-state index contributed by atoms with van der Waals surface area (Å²) in [6.07, 6.45) is 0. The van der Waals surface area contributed by atoms with Gasteiger partial charge in [0.2, 0.25) is 0 Å². The standard InChI is InChI=1S/C10H9BrO2S2/c1-4-7-9(15-8(4)10(12)13)6(3-14-7)5(2)11/h3,5H,1-2H3,(H,12,13). The molecule has 2 nitrogen and oxygen atoms in total. The fourth-order valence-corrected chi connectivity index (χ4v) is 4.80. The molecule has 15 heavy (non-hydrogen) atoms. The van der Waals surface area contributed by atoms with Crippen molar-refractivity contribution in [2.24, 2.45) is 0 Å². The molecule has 80 valence electrons. The van der Waals surface area contributed by atoms with Crippen LogP contribution in [0.1, 0.15) is 32.5 Å². The van der Waals surface area contributed by atoms with E-state index in [0.29, 0.717) is 4.88 Å². The lowest BCUT2D eigenvalue weighted by molar-refractivity contribution is 0.0701. The second-order valence-electron chi connectivity index (χ2n) is 3.33. The summed E-state index contributed by atoms with van der Waals surface area (Å²) < 4.78 is 2.22. The van der Waals surface area contributed by atoms with Crippen LogP contribution in [0.25, 0.3) is 9.40 Å². The topological polar surface area (TPSA) is 37.3 Å². The molecular formula is C10H9BrO2S2. The molecule has 1 unspecified atom stereocenters. The fourth-order valence-electron chi connectivity index (χ4n) is 1.48. The number of carbonyl (C=O) groups is 1. The van der Waals surface area contributed by atoms with Gasteiger partial charge in [-0.3, -0.25) is 0 Å². The highest BCUT2D eigenvalue weighted by atomic mass is 79.9. The van der Waals surface area contributed by atoms with Crippen LogP contribution >= 0.6 is 38.6 Å². The first kappa shape index (κ1) is 11.1. The summed E-state index contributed by atoms with van der Waals surface area (Å²) >= 11 is 6.52. The highest BCUT2D eigenvalue weighted by molar-refractivity contribution is 9.09. The number of rotatable bonds is 2. The van der Waals surface area contributed by atoms with Crippen LogP contribution in [0.2, 0.25) is 0 Å². The van der Waals surface area contributed by atoms with E-state index in [9.17, 15) is 4.79 Å². The number of fused-ring (bicyclic) bond motifs is 1. The largest absolute Gasteiger partial charge is 0.477 e. The Hall–Kier alpha value is -0.390. The number of hydrogen-bond donors (Lipinski definition) is 1. The molecule has 0 radical (unpaired) electrons. The van der Waals surface area contributed by atoms with Gasteiger partial charge in [-0.1, -0.05) is 15.9 Å². The first-order valence-corrected chi connectivity index (χ1v) is 7.01. The number of aryl methyl sites for hydroxylation is 1. The van der Waals surface area contributed by atoms with Gasteiger partial charge >= 0.3 is 5.97 Å². The van der Waals surface area contributed by atoms with Crippen LogP contribution in [0.15, 0.2) is 5.38 Å². The average molecular weight is 305 g/mol. The van der Waals surface area contributed by atoms with Gasteiger partial charge < -0.3 is 5.11 Å². The average Bonchev–Trinajstić information content (AvgIpc) is 2.66. The first-order chi connectivity index (χ1) is 7.02. The van der Waals surface area contributed by atoms with Gasteiger partial charge in [-0.05, 0) is 30.4 Å². The Balaban J connectivity index is 2.72. The summed E-state index contributed by atoms with van der Waals surface area (Å²) in [6, 6.07) is 0. The van der Waals surface area contributed by atoms with Gasteiger partial charge in [-0.2, -0.15) is 0 Å². The summed E-state index contributed by atoms with van der Waals surface area (Å²) in [4.78, 5) is 11.7. The zero-order valence-electron chi connectivity index (χ0n) is 8.20. The second-order valence-corrected chi connectivity index (χ2v) is 6.60. The smallest absolute Gasteiger partial charge is 0.346 e. The Morgan fingerprint density at radius 2 is 2.20 bits per heavy atom. The predicted molar refractivity (Wildman–Crippen MR) is 68.7 cm³/mol. The van der Waals surface area contributed by atoms with E-state index in [1.54, 1.807) is 11.3 Å². The molecule has 0 fully saturated rings. The highest BCUT2D eigenvalue weighted by Crippen LogP contribution is 2.42. The molecule has 0 aliphatic heterocycles. The maximum Gasteiger partial charge on any atom is 0.346 e. The molecular weight excluding hydrogens is 296 g/mol. The van der Waals surface area contributed by atoms with Crippen molar-refractivity contribution in [1.82, 2.24) is 0 Å². The molecule has 0 bridgehead atoms. The van der Waals surface area contributed by atoms with E-state index in [0.717, 1.165) is 15.0 Å². The zero-order valence-corrected chi connectivity index (χ0v) is 11.4. The van der Waals surface area contributed by atoms with Crippen molar-refractivity contribution >= 4 is 54.0 Å². The molecule has 5 heteroatoms. The monoisotopic (exact) mass is 304 g/mol. The van der Waals surface area contributed by atoms with E-state index in [-0.39, 0.29) is 4.83 Å². The molecule has 0 aliphatic carbocycles. The maximum absolute atomic E-state index is 11.0. The van der Waals surface area contributed by atoms with Crippen LogP contribution in [-0.4, -0.2) is 11.1 Å². The third-order valence-corrected chi connectivity index (χ3v) is 5.35. The number of carboxylic acid groups (broad SMARTS) is 1. The Morgan fingerprint density at radius 3 is 2.73 bits per heavy atom. The minimum atomic E-state index is -0.825. The molecule has 2 heterocycles. The summed E-state index contributed by atoms with van der Waals surface area (Å²) in [6.45, 7) is 3.93. The van der Waals surface area contributed by atoms with E-state index in [4.69, 9.17) is 5.11 Å². The van der Waals surface area contributed by atoms with Crippen molar-refractivity contribution in [3.8, 4) is 0 Å². The number of carboxylic acids is 1. The minimum absolute atomic E-state index is 0.269. The lowest BCUT2D eigenvalue weighted by Gasteiger charge is -1.97. The molecule has 0 amide bonds. The molecule has 2 aromatic heterocycles. The summed E-state index contributed by atoms with van der Waals surface area (Å²) in [5.74, 6) is -0.825. The molecule has 2 rings (SSSR count). The van der Waals surface area contributed by atoms with E-state index in [1.807, 2.05) is 6.92 Å². The molecule has 0 saturated carbocycles. The van der Waals surface area contributed by atoms with Crippen LogP contribution in [0.5, 0.6) is 0 Å². The van der Waals surface area contributed by atoms with Gasteiger partial charge in [-0.25, -0.2) is 4.79 Å². The van der Waals surface area contributed by atoms with E-state index < -0.39 is 5.97 Å². The zero-order chi connectivity index (χ0) is 11.2. The quantitative estimate of drug-likeness (QED) is 0.834. The number of aromatic carboxylic acids is 1. The first-order valence-electron chi connectivity index (χ1n) is 4.40. The third-order valence-electron chi connectivity index (χ3n) is 2.28. The Morgan fingerprint density at radius 1 is 1.53 bits per heavy atom. The van der Waals surface area contributed by atoms with E-state index >= 15 is 0 Å². The third kappa shape index (κ3) is 1.73. The van der Waals surface area contributed by atoms with Crippen molar-refractivity contribution in [3.05, 3.63) is 21.4 Å². The lowest BCUT2D eigenvalue weighted by Crippen LogP contribution is -1.93. The number of alkyl halides is 1. The van der Waals surface area contributed by atoms with Crippen molar-refractivity contribution in [1.29, 1.82) is 0 Å². The highest BCUT2D eigenvalue weighted by Gasteiger charge is 2.19. The van der Waals surface area contributed by atoms with Crippen LogP contribution < -0.4 is 0 Å². The molecule has 0 spiro atoms. The van der Waals surface area contributed by atoms with Crippen LogP contribution in [0.3, 0.4) is 0 Å². The van der Waals surface area contributed by atoms with Crippen molar-refractivity contribution < 1.29 is 9.90 Å². The summed E-state index contributed by atoms with van der Waals surface area (Å²) in [7, 11) is 0. The normalized spacial score (nSPS) is 13.3. The van der Waals surface area contributed by atoms with Crippen LogP contribution in [0, 0.1) is 6.92 Å². The van der Waals surface area contributed by atoms with Gasteiger partial charge in [0.15, 0.2) is 0 Å². The number of thiophene rings is 2. The SMILES string of the molecule is Cc1c(C(=O)O)sc2c(C(C)Br)csc12. The second kappa shape index (κ2) is 3.88. The predicted octanol–water partition coefficient (Wildman–Crippen LogP) is 4.43. The molecule has 0 aromatic carbocycles. The Kier molecular flexibility index (Phi) is 2.87. The molecule has 0 aliphatic rings. The van der Waals surface area contributed by atoms with Crippen molar-refractivity contribution in [2.75, 3.05) is 0 Å². The Labute approximate surface area is 104 Å². The number of hydrogen-bond acceptors (Lipinski definition) is 3. The fraction of sp³-hybridized carbons (Fsp3) is 0.300. The van der Waals surface area contributed by atoms with Crippen molar-refractivity contribution in [2.45, 2.75) is 18.7 Å².